The summed E-state index contributed by atoms with van der Waals surface area (Å²) >= 11 is 0. The minimum atomic E-state index is -0.779. The van der Waals surface area contributed by atoms with Gasteiger partial charge in [0.15, 0.2) is 0 Å². The van der Waals surface area contributed by atoms with E-state index in [4.69, 9.17) is 5.11 Å². The molecule has 8 atom stereocenters. The molecule has 170 valence electrons. The summed E-state index contributed by atoms with van der Waals surface area (Å²) in [5.74, 6) is -2.79. The molecule has 3 saturated carbocycles. The van der Waals surface area contributed by atoms with Gasteiger partial charge in [0.05, 0.1) is 11.8 Å². The molecule has 0 aromatic carbocycles. The SMILES string of the molecule is C[C@@H](CCC(=O)O)[C@H]1CC[C@@H]2[C@@H](C(=O)O)[C@@H]([C@@]3(C)CCCC[C@H]3C(=O)O)CC[C@@]21C. The minimum absolute atomic E-state index is 0.0409. The number of hydrogen-bond donors (Lipinski definition) is 3. The van der Waals surface area contributed by atoms with E-state index in [1.54, 1.807) is 0 Å². The van der Waals surface area contributed by atoms with E-state index >= 15 is 0 Å². The lowest BCUT2D eigenvalue weighted by atomic mass is 9.48. The lowest BCUT2D eigenvalue weighted by Crippen LogP contribution is -2.53. The molecule has 3 N–H and O–H groups in total. The fraction of sp³-hybridized carbons (Fsp3) is 0.875. The van der Waals surface area contributed by atoms with E-state index in [1.807, 2.05) is 6.92 Å². The van der Waals surface area contributed by atoms with Crippen LogP contribution in [0.2, 0.25) is 0 Å². The predicted molar refractivity (Wildman–Crippen MR) is 112 cm³/mol. The summed E-state index contributed by atoms with van der Waals surface area (Å²) in [5, 5.41) is 29.3. The second kappa shape index (κ2) is 8.51. The van der Waals surface area contributed by atoms with Gasteiger partial charge < -0.3 is 15.3 Å². The summed E-state index contributed by atoms with van der Waals surface area (Å²) in [4.78, 5) is 35.7. The van der Waals surface area contributed by atoms with E-state index in [2.05, 4.69) is 13.8 Å². The number of carboxylic acid groups (broad SMARTS) is 3. The van der Waals surface area contributed by atoms with Crippen molar-refractivity contribution in [2.45, 2.75) is 85.0 Å². The molecule has 6 heteroatoms. The Morgan fingerprint density at radius 1 is 0.867 bits per heavy atom. The molecule has 0 spiro atoms. The third-order valence-corrected chi connectivity index (χ3v) is 9.53. The molecule has 0 radical (unpaired) electrons. The Morgan fingerprint density at radius 2 is 1.53 bits per heavy atom. The molecule has 6 nitrogen and oxygen atoms in total. The first kappa shape index (κ1) is 23.1. The Balaban J connectivity index is 1.88. The van der Waals surface area contributed by atoms with Crippen molar-refractivity contribution in [3.8, 4) is 0 Å². The Labute approximate surface area is 179 Å². The number of hydrogen-bond acceptors (Lipinski definition) is 3. The van der Waals surface area contributed by atoms with Crippen molar-refractivity contribution >= 4 is 17.9 Å². The van der Waals surface area contributed by atoms with Crippen molar-refractivity contribution < 1.29 is 29.7 Å². The first-order valence-electron chi connectivity index (χ1n) is 11.7. The highest BCUT2D eigenvalue weighted by Gasteiger charge is 2.61. The summed E-state index contributed by atoms with van der Waals surface area (Å²) in [6, 6.07) is 0. The summed E-state index contributed by atoms with van der Waals surface area (Å²) in [7, 11) is 0. The van der Waals surface area contributed by atoms with Crippen LogP contribution >= 0.6 is 0 Å². The van der Waals surface area contributed by atoms with Crippen LogP contribution < -0.4 is 0 Å². The molecular weight excluding hydrogens is 384 g/mol. The van der Waals surface area contributed by atoms with E-state index in [-0.39, 0.29) is 29.6 Å². The maximum atomic E-state index is 12.6. The van der Waals surface area contributed by atoms with E-state index < -0.39 is 35.2 Å². The molecule has 30 heavy (non-hydrogen) atoms. The van der Waals surface area contributed by atoms with Crippen molar-refractivity contribution in [1.82, 2.24) is 0 Å². The first-order valence-corrected chi connectivity index (χ1v) is 11.7. The van der Waals surface area contributed by atoms with Crippen molar-refractivity contribution in [2.24, 2.45) is 46.3 Å². The van der Waals surface area contributed by atoms with Gasteiger partial charge >= 0.3 is 17.9 Å². The number of rotatable bonds is 7. The second-order valence-corrected chi connectivity index (χ2v) is 10.9. The molecule has 0 unspecified atom stereocenters. The van der Waals surface area contributed by atoms with Crippen LogP contribution in [0.25, 0.3) is 0 Å². The molecule has 3 aliphatic carbocycles. The minimum Gasteiger partial charge on any atom is -0.481 e. The Kier molecular flexibility index (Phi) is 6.54. The Bertz CT molecular complexity index is 689. The van der Waals surface area contributed by atoms with Gasteiger partial charge in [-0.05, 0) is 79.4 Å². The van der Waals surface area contributed by atoms with Gasteiger partial charge in [-0.3, -0.25) is 14.4 Å². The van der Waals surface area contributed by atoms with Crippen molar-refractivity contribution in [1.29, 1.82) is 0 Å². The largest absolute Gasteiger partial charge is 0.481 e. The van der Waals surface area contributed by atoms with Crippen LogP contribution in [0.15, 0.2) is 0 Å². The van der Waals surface area contributed by atoms with Crippen LogP contribution in [0.1, 0.15) is 85.0 Å². The van der Waals surface area contributed by atoms with Crippen LogP contribution in [-0.2, 0) is 14.4 Å². The van der Waals surface area contributed by atoms with Crippen molar-refractivity contribution in [2.75, 3.05) is 0 Å². The number of carbonyl (C=O) groups is 3. The normalized spacial score (nSPS) is 42.3. The highest BCUT2D eigenvalue weighted by Crippen LogP contribution is 2.65. The maximum Gasteiger partial charge on any atom is 0.307 e. The average Bonchev–Trinajstić information content (AvgIpc) is 3.02. The zero-order valence-corrected chi connectivity index (χ0v) is 18.6. The molecule has 0 aromatic rings. The van der Waals surface area contributed by atoms with E-state index in [0.29, 0.717) is 18.8 Å². The Morgan fingerprint density at radius 3 is 2.13 bits per heavy atom. The topological polar surface area (TPSA) is 112 Å². The summed E-state index contributed by atoms with van der Waals surface area (Å²) < 4.78 is 0. The standard InChI is InChI=1S/C24H38O6/c1-14(7-10-19(25)26)15-8-9-16-20(22(29)30)17(11-13-24(15,16)3)23(2)12-5-4-6-18(23)21(27)28/h14-18,20H,4-13H2,1-3H3,(H,25,26)(H,27,28)(H,29,30)/t14-,15+,16+,17-,18-,20+,23+,24+/m0/s1. The fourth-order valence-electron chi connectivity index (χ4n) is 7.96. The molecule has 3 aliphatic rings. The monoisotopic (exact) mass is 422 g/mol. The van der Waals surface area contributed by atoms with Gasteiger partial charge in [-0.25, -0.2) is 0 Å². The van der Waals surface area contributed by atoms with E-state index in [1.165, 1.54) is 0 Å². The highest BCUT2D eigenvalue weighted by atomic mass is 16.4. The summed E-state index contributed by atoms with van der Waals surface area (Å²) in [6.45, 7) is 6.37. The second-order valence-electron chi connectivity index (χ2n) is 10.9. The van der Waals surface area contributed by atoms with Crippen LogP contribution in [0.4, 0.5) is 0 Å². The third kappa shape index (κ3) is 3.87. The molecule has 3 rings (SSSR count). The lowest BCUT2D eigenvalue weighted by Gasteiger charge is -2.55. The summed E-state index contributed by atoms with van der Waals surface area (Å²) in [6.07, 6.45) is 7.55. The zero-order valence-electron chi connectivity index (χ0n) is 18.6. The molecule has 0 heterocycles. The third-order valence-electron chi connectivity index (χ3n) is 9.53. The van der Waals surface area contributed by atoms with Crippen LogP contribution in [0, 0.1) is 46.3 Å². The van der Waals surface area contributed by atoms with Gasteiger partial charge in [0.25, 0.3) is 0 Å². The van der Waals surface area contributed by atoms with Gasteiger partial charge in [-0.2, -0.15) is 0 Å². The number of fused-ring (bicyclic) bond motifs is 1. The van der Waals surface area contributed by atoms with Gasteiger partial charge in [0.2, 0.25) is 0 Å². The van der Waals surface area contributed by atoms with E-state index in [9.17, 15) is 24.6 Å². The molecule has 3 fully saturated rings. The first-order chi connectivity index (χ1) is 14.0. The molecule has 0 aliphatic heterocycles. The average molecular weight is 423 g/mol. The zero-order chi connectivity index (χ0) is 22.3. The molecule has 0 aromatic heterocycles. The van der Waals surface area contributed by atoms with Gasteiger partial charge in [0, 0.05) is 6.42 Å². The Hall–Kier alpha value is -1.59. The molecule has 0 amide bonds. The van der Waals surface area contributed by atoms with Gasteiger partial charge in [-0.1, -0.05) is 33.6 Å². The quantitative estimate of drug-likeness (QED) is 0.537. The fourth-order valence-corrected chi connectivity index (χ4v) is 7.96. The van der Waals surface area contributed by atoms with Crippen LogP contribution in [0.3, 0.4) is 0 Å². The van der Waals surface area contributed by atoms with E-state index in [0.717, 1.165) is 44.9 Å². The van der Waals surface area contributed by atoms with Crippen molar-refractivity contribution in [3.63, 3.8) is 0 Å². The molecule has 0 bridgehead atoms. The number of aliphatic carboxylic acids is 3. The summed E-state index contributed by atoms with van der Waals surface area (Å²) in [5.41, 5.74) is -0.581. The highest BCUT2D eigenvalue weighted by molar-refractivity contribution is 5.73. The maximum absolute atomic E-state index is 12.6. The van der Waals surface area contributed by atoms with Crippen LogP contribution in [0.5, 0.6) is 0 Å². The van der Waals surface area contributed by atoms with Crippen molar-refractivity contribution in [3.05, 3.63) is 0 Å². The lowest BCUT2D eigenvalue weighted by molar-refractivity contribution is -0.168. The predicted octanol–water partition coefficient (Wildman–Crippen LogP) is 4.91. The number of carboxylic acids is 3. The smallest absolute Gasteiger partial charge is 0.307 e. The molecule has 0 saturated heterocycles. The van der Waals surface area contributed by atoms with Gasteiger partial charge in [0.1, 0.15) is 0 Å². The van der Waals surface area contributed by atoms with Gasteiger partial charge in [-0.15, -0.1) is 0 Å². The van der Waals surface area contributed by atoms with Crippen LogP contribution in [-0.4, -0.2) is 33.2 Å². The molecular formula is C24H38O6.